The molecular formula is C15H19NO5. The summed E-state index contributed by atoms with van der Waals surface area (Å²) in [6, 6.07) is 3.75. The zero-order valence-corrected chi connectivity index (χ0v) is 12.2. The number of nitrogens with zero attached hydrogens (tertiary/aromatic N) is 1. The van der Waals surface area contributed by atoms with Gasteiger partial charge in [0.05, 0.1) is 16.6 Å². The van der Waals surface area contributed by atoms with Gasteiger partial charge in [-0.3, -0.25) is 10.1 Å². The number of hydrogen-bond acceptors (Lipinski definition) is 4. The van der Waals surface area contributed by atoms with Crippen molar-refractivity contribution in [2.45, 2.75) is 45.6 Å². The molecule has 0 atom stereocenters. The first-order valence-electron chi connectivity index (χ1n) is 6.97. The van der Waals surface area contributed by atoms with Gasteiger partial charge in [-0.05, 0) is 43.2 Å². The van der Waals surface area contributed by atoms with Crippen LogP contribution in [0.25, 0.3) is 0 Å². The first-order chi connectivity index (χ1) is 9.78. The number of rotatable bonds is 4. The second-order valence-electron chi connectivity index (χ2n) is 6.23. The maximum atomic E-state index is 11.1. The van der Waals surface area contributed by atoms with Gasteiger partial charge < -0.3 is 9.84 Å². The molecule has 1 N–H and O–H groups in total. The van der Waals surface area contributed by atoms with E-state index >= 15 is 0 Å². The Morgan fingerprint density at radius 2 is 2.00 bits per heavy atom. The number of carboxylic acid groups (broad SMARTS) is 1. The van der Waals surface area contributed by atoms with Crippen LogP contribution in [0.3, 0.4) is 0 Å². The fourth-order valence-electron chi connectivity index (χ4n) is 2.56. The van der Waals surface area contributed by atoms with Crippen molar-refractivity contribution < 1.29 is 19.6 Å². The van der Waals surface area contributed by atoms with Gasteiger partial charge in [0.15, 0.2) is 5.75 Å². The van der Waals surface area contributed by atoms with E-state index in [0.29, 0.717) is 5.41 Å². The molecule has 6 heteroatoms. The van der Waals surface area contributed by atoms with Gasteiger partial charge in [-0.15, -0.1) is 0 Å². The summed E-state index contributed by atoms with van der Waals surface area (Å²) in [6.45, 7) is 4.40. The maximum Gasteiger partial charge on any atom is 0.335 e. The summed E-state index contributed by atoms with van der Waals surface area (Å²) in [5, 5.41) is 20.0. The molecule has 1 aromatic rings. The van der Waals surface area contributed by atoms with Crippen LogP contribution in [-0.4, -0.2) is 22.1 Å². The third-order valence-electron chi connectivity index (χ3n) is 3.98. The fourth-order valence-corrected chi connectivity index (χ4v) is 2.56. The Hall–Kier alpha value is -2.11. The Kier molecular flexibility index (Phi) is 4.16. The standard InChI is InChI=1S/C15H19NO5/c1-15(2)7-5-11(6-8-15)21-13-4-3-10(14(17)18)9-12(13)16(19)20/h3-4,9,11H,5-8H2,1-2H3,(H,17,18). The molecule has 1 aromatic carbocycles. The number of nitro groups is 1. The lowest BCUT2D eigenvalue weighted by Crippen LogP contribution is -2.28. The second-order valence-corrected chi connectivity index (χ2v) is 6.23. The van der Waals surface area contributed by atoms with Crippen molar-refractivity contribution in [2.75, 3.05) is 0 Å². The molecule has 1 aliphatic rings. The molecule has 1 fully saturated rings. The molecule has 0 amide bonds. The molecule has 0 spiro atoms. The molecule has 0 saturated heterocycles. The Morgan fingerprint density at radius 3 is 2.52 bits per heavy atom. The highest BCUT2D eigenvalue weighted by Crippen LogP contribution is 2.38. The van der Waals surface area contributed by atoms with E-state index in [2.05, 4.69) is 13.8 Å². The predicted octanol–water partition coefficient (Wildman–Crippen LogP) is 3.64. The van der Waals surface area contributed by atoms with E-state index in [1.54, 1.807) is 0 Å². The summed E-state index contributed by atoms with van der Waals surface area (Å²) in [5.41, 5.74) is -0.113. The minimum absolute atomic E-state index is 0.0487. The lowest BCUT2D eigenvalue weighted by atomic mass is 9.76. The molecule has 0 aliphatic heterocycles. The summed E-state index contributed by atoms with van der Waals surface area (Å²) < 4.78 is 5.74. The van der Waals surface area contributed by atoms with Crippen molar-refractivity contribution in [1.29, 1.82) is 0 Å². The van der Waals surface area contributed by atoms with Crippen LogP contribution in [0.2, 0.25) is 0 Å². The van der Waals surface area contributed by atoms with Crippen molar-refractivity contribution in [3.8, 4) is 5.75 Å². The molecule has 114 valence electrons. The molecule has 0 unspecified atom stereocenters. The van der Waals surface area contributed by atoms with Gasteiger partial charge >= 0.3 is 11.7 Å². The Labute approximate surface area is 122 Å². The average Bonchev–Trinajstić information content (AvgIpc) is 2.41. The van der Waals surface area contributed by atoms with Gasteiger partial charge in [-0.1, -0.05) is 13.8 Å². The van der Waals surface area contributed by atoms with Crippen LogP contribution in [0.4, 0.5) is 5.69 Å². The number of aromatic carboxylic acids is 1. The summed E-state index contributed by atoms with van der Waals surface area (Å²) >= 11 is 0. The normalized spacial score (nSPS) is 18.2. The lowest BCUT2D eigenvalue weighted by molar-refractivity contribution is -0.386. The summed E-state index contributed by atoms with van der Waals surface area (Å²) in [6.07, 6.45) is 3.68. The molecule has 0 bridgehead atoms. The molecule has 0 aromatic heterocycles. The molecule has 21 heavy (non-hydrogen) atoms. The smallest absolute Gasteiger partial charge is 0.335 e. The highest BCUT2D eigenvalue weighted by molar-refractivity contribution is 5.88. The number of carbonyl (C=O) groups is 1. The largest absolute Gasteiger partial charge is 0.484 e. The molecule has 6 nitrogen and oxygen atoms in total. The Bertz CT molecular complexity index is 557. The van der Waals surface area contributed by atoms with Crippen LogP contribution in [0.5, 0.6) is 5.75 Å². The number of carboxylic acids is 1. The highest BCUT2D eigenvalue weighted by atomic mass is 16.6. The van der Waals surface area contributed by atoms with E-state index in [1.807, 2.05) is 0 Å². The van der Waals surface area contributed by atoms with Crippen molar-refractivity contribution in [3.05, 3.63) is 33.9 Å². The third-order valence-corrected chi connectivity index (χ3v) is 3.98. The van der Waals surface area contributed by atoms with Gasteiger partial charge in [0.25, 0.3) is 0 Å². The molecule has 2 rings (SSSR count). The van der Waals surface area contributed by atoms with Crippen LogP contribution in [-0.2, 0) is 0 Å². The van der Waals surface area contributed by atoms with Gasteiger partial charge in [0.1, 0.15) is 0 Å². The number of hydrogen-bond donors (Lipinski definition) is 1. The van der Waals surface area contributed by atoms with Crippen LogP contribution < -0.4 is 4.74 Å². The minimum Gasteiger partial charge on any atom is -0.484 e. The summed E-state index contributed by atoms with van der Waals surface area (Å²) in [4.78, 5) is 21.4. The SMILES string of the molecule is CC1(C)CCC(Oc2ccc(C(=O)O)cc2[N+](=O)[O-])CC1. The average molecular weight is 293 g/mol. The number of nitro benzene ring substituents is 1. The van der Waals surface area contributed by atoms with Crippen LogP contribution in [0, 0.1) is 15.5 Å². The zero-order chi connectivity index (χ0) is 15.6. The Morgan fingerprint density at radius 1 is 1.38 bits per heavy atom. The van der Waals surface area contributed by atoms with Gasteiger partial charge in [-0.25, -0.2) is 4.79 Å². The molecular weight excluding hydrogens is 274 g/mol. The third kappa shape index (κ3) is 3.71. The van der Waals surface area contributed by atoms with E-state index in [4.69, 9.17) is 9.84 Å². The number of benzene rings is 1. The first kappa shape index (κ1) is 15.3. The van der Waals surface area contributed by atoms with Crippen molar-refractivity contribution >= 4 is 11.7 Å². The van der Waals surface area contributed by atoms with Crippen LogP contribution in [0.15, 0.2) is 18.2 Å². The highest BCUT2D eigenvalue weighted by Gasteiger charge is 2.29. The molecule has 0 radical (unpaired) electrons. The maximum absolute atomic E-state index is 11.1. The van der Waals surface area contributed by atoms with Crippen LogP contribution >= 0.6 is 0 Å². The summed E-state index contributed by atoms with van der Waals surface area (Å²) in [7, 11) is 0. The lowest BCUT2D eigenvalue weighted by Gasteiger charge is -2.34. The molecule has 0 heterocycles. The van der Waals surface area contributed by atoms with E-state index in [1.165, 1.54) is 12.1 Å². The van der Waals surface area contributed by atoms with Crippen molar-refractivity contribution in [3.63, 3.8) is 0 Å². The molecule has 1 aliphatic carbocycles. The first-order valence-corrected chi connectivity index (χ1v) is 6.97. The zero-order valence-electron chi connectivity index (χ0n) is 12.2. The van der Waals surface area contributed by atoms with E-state index < -0.39 is 10.9 Å². The van der Waals surface area contributed by atoms with E-state index in [9.17, 15) is 14.9 Å². The monoisotopic (exact) mass is 293 g/mol. The fraction of sp³-hybridized carbons (Fsp3) is 0.533. The van der Waals surface area contributed by atoms with E-state index in [-0.39, 0.29) is 23.1 Å². The number of ether oxygens (including phenoxy) is 1. The van der Waals surface area contributed by atoms with E-state index in [0.717, 1.165) is 31.7 Å². The van der Waals surface area contributed by atoms with Gasteiger partial charge in [0.2, 0.25) is 0 Å². The minimum atomic E-state index is -1.19. The van der Waals surface area contributed by atoms with Crippen molar-refractivity contribution in [2.24, 2.45) is 5.41 Å². The summed E-state index contributed by atoms with van der Waals surface area (Å²) in [5.74, 6) is -1.04. The van der Waals surface area contributed by atoms with Crippen LogP contribution in [0.1, 0.15) is 49.9 Å². The van der Waals surface area contributed by atoms with Gasteiger partial charge in [0, 0.05) is 6.07 Å². The Balaban J connectivity index is 2.16. The molecule has 1 saturated carbocycles. The quantitative estimate of drug-likeness (QED) is 0.676. The second kappa shape index (κ2) is 5.71. The van der Waals surface area contributed by atoms with Gasteiger partial charge in [-0.2, -0.15) is 0 Å². The predicted molar refractivity (Wildman–Crippen MR) is 76.7 cm³/mol. The van der Waals surface area contributed by atoms with Crippen molar-refractivity contribution in [1.82, 2.24) is 0 Å². The topological polar surface area (TPSA) is 89.7 Å².